The molecule has 0 spiro atoms. The topological polar surface area (TPSA) is 81.8 Å². The van der Waals surface area contributed by atoms with Crippen molar-refractivity contribution in [2.24, 2.45) is 10.7 Å². The Kier molecular flexibility index (Phi) is 10.7. The average molecular weight is 430 g/mol. The van der Waals surface area contributed by atoms with Crippen LogP contribution in [0.1, 0.15) is 12.5 Å². The number of aromatic nitrogens is 1. The first kappa shape index (κ1) is 20.8. The fourth-order valence-electron chi connectivity index (χ4n) is 1.54. The van der Waals surface area contributed by atoms with Crippen molar-refractivity contribution < 1.29 is 18.3 Å². The van der Waals surface area contributed by atoms with Crippen molar-refractivity contribution >= 4 is 29.9 Å². The van der Waals surface area contributed by atoms with Gasteiger partial charge < -0.3 is 20.5 Å². The minimum Gasteiger partial charge on any atom is -0.472 e. The number of hydrogen-bond acceptors (Lipinski definition) is 4. The number of nitrogens with zero attached hydrogens (tertiary/aromatic N) is 2. The molecule has 0 saturated heterocycles. The van der Waals surface area contributed by atoms with Crippen LogP contribution < -0.4 is 15.8 Å². The molecular formula is C13H21F2IN4O2. The van der Waals surface area contributed by atoms with Gasteiger partial charge in [-0.05, 0) is 18.6 Å². The van der Waals surface area contributed by atoms with E-state index in [1.807, 2.05) is 6.92 Å². The highest BCUT2D eigenvalue weighted by Gasteiger charge is 2.05. The molecule has 3 N–H and O–H groups in total. The maximum absolute atomic E-state index is 12.0. The molecule has 22 heavy (non-hydrogen) atoms. The van der Waals surface area contributed by atoms with Gasteiger partial charge in [0.1, 0.15) is 0 Å². The normalized spacial score (nSPS) is 12.7. The van der Waals surface area contributed by atoms with Gasteiger partial charge >= 0.3 is 0 Å². The standard InChI is InChI=1S/C13H20F2N4O2.HI/c1-9(7-20-2)19-13(16)18-6-10-3-4-17-12(5-10)21-8-11(14)15;/h3-5,9,11H,6-8H2,1-2H3,(H3,16,18,19);1H. The second kappa shape index (κ2) is 11.4. The minimum absolute atomic E-state index is 0. The molecule has 1 heterocycles. The summed E-state index contributed by atoms with van der Waals surface area (Å²) >= 11 is 0. The summed E-state index contributed by atoms with van der Waals surface area (Å²) in [6.45, 7) is 2.04. The maximum atomic E-state index is 12.0. The molecule has 1 atom stereocenters. The second-order valence-corrected chi connectivity index (χ2v) is 4.41. The van der Waals surface area contributed by atoms with E-state index in [9.17, 15) is 8.78 Å². The smallest absolute Gasteiger partial charge is 0.272 e. The molecular weight excluding hydrogens is 409 g/mol. The van der Waals surface area contributed by atoms with Crippen LogP contribution in [0.25, 0.3) is 0 Å². The summed E-state index contributed by atoms with van der Waals surface area (Å²) in [5.41, 5.74) is 6.49. The van der Waals surface area contributed by atoms with Crippen LogP contribution in [0, 0.1) is 0 Å². The fourth-order valence-corrected chi connectivity index (χ4v) is 1.54. The highest BCUT2D eigenvalue weighted by atomic mass is 127. The Bertz CT molecular complexity index is 463. The maximum Gasteiger partial charge on any atom is 0.272 e. The van der Waals surface area contributed by atoms with E-state index in [0.717, 1.165) is 5.56 Å². The van der Waals surface area contributed by atoms with E-state index in [4.69, 9.17) is 15.2 Å². The number of rotatable bonds is 8. The van der Waals surface area contributed by atoms with E-state index in [-0.39, 0.29) is 41.9 Å². The van der Waals surface area contributed by atoms with Crippen LogP contribution in [0.15, 0.2) is 23.3 Å². The molecule has 0 fully saturated rings. The monoisotopic (exact) mass is 430 g/mol. The zero-order valence-corrected chi connectivity index (χ0v) is 14.8. The van der Waals surface area contributed by atoms with Crippen molar-refractivity contribution in [2.45, 2.75) is 25.9 Å². The van der Waals surface area contributed by atoms with E-state index in [1.54, 1.807) is 19.2 Å². The summed E-state index contributed by atoms with van der Waals surface area (Å²) in [5.74, 6) is 0.425. The molecule has 0 aliphatic carbocycles. The van der Waals surface area contributed by atoms with Crippen molar-refractivity contribution in [3.8, 4) is 5.88 Å². The molecule has 0 aliphatic heterocycles. The minimum atomic E-state index is -2.53. The lowest BCUT2D eigenvalue weighted by atomic mass is 10.3. The van der Waals surface area contributed by atoms with E-state index in [2.05, 4.69) is 15.3 Å². The summed E-state index contributed by atoms with van der Waals surface area (Å²) in [6, 6.07) is 3.31. The highest BCUT2D eigenvalue weighted by molar-refractivity contribution is 14.0. The lowest BCUT2D eigenvalue weighted by molar-refractivity contribution is 0.0795. The molecule has 126 valence electrons. The summed E-state index contributed by atoms with van der Waals surface area (Å²) in [4.78, 5) is 7.99. The SMILES string of the molecule is COCC(C)NC(N)=NCc1ccnc(OCC(F)F)c1.I. The molecule has 1 aromatic rings. The quantitative estimate of drug-likeness (QED) is 0.374. The number of methoxy groups -OCH3 is 1. The number of pyridine rings is 1. The third-order valence-electron chi connectivity index (χ3n) is 2.40. The Morgan fingerprint density at radius 3 is 2.82 bits per heavy atom. The molecule has 0 bridgehead atoms. The summed E-state index contributed by atoms with van der Waals surface area (Å²) in [5, 5.41) is 2.96. The van der Waals surface area contributed by atoms with Crippen molar-refractivity contribution in [1.82, 2.24) is 10.3 Å². The number of alkyl halides is 2. The lowest BCUT2D eigenvalue weighted by Crippen LogP contribution is -2.40. The van der Waals surface area contributed by atoms with Crippen LogP contribution in [0.4, 0.5) is 8.78 Å². The zero-order valence-electron chi connectivity index (χ0n) is 12.5. The van der Waals surface area contributed by atoms with E-state index >= 15 is 0 Å². The van der Waals surface area contributed by atoms with Gasteiger partial charge in [-0.15, -0.1) is 24.0 Å². The van der Waals surface area contributed by atoms with Gasteiger partial charge in [-0.25, -0.2) is 18.8 Å². The number of halogens is 3. The van der Waals surface area contributed by atoms with Crippen molar-refractivity contribution in [2.75, 3.05) is 20.3 Å². The first-order valence-electron chi connectivity index (χ1n) is 6.42. The predicted octanol–water partition coefficient (Wildman–Crippen LogP) is 1.78. The number of guanidine groups is 1. The first-order chi connectivity index (χ1) is 10.0. The fraction of sp³-hybridized carbons (Fsp3) is 0.538. The lowest BCUT2D eigenvalue weighted by Gasteiger charge is -2.13. The summed E-state index contributed by atoms with van der Waals surface area (Å²) in [7, 11) is 1.60. The van der Waals surface area contributed by atoms with Gasteiger partial charge in [-0.1, -0.05) is 0 Å². The molecule has 0 radical (unpaired) electrons. The molecule has 0 saturated carbocycles. The highest BCUT2D eigenvalue weighted by Crippen LogP contribution is 2.11. The molecule has 0 amide bonds. The van der Waals surface area contributed by atoms with Crippen molar-refractivity contribution in [3.05, 3.63) is 23.9 Å². The van der Waals surface area contributed by atoms with Gasteiger partial charge in [0.15, 0.2) is 12.6 Å². The Hall–Kier alpha value is -1.23. The van der Waals surface area contributed by atoms with Gasteiger partial charge in [0, 0.05) is 25.4 Å². The third kappa shape index (κ3) is 8.93. The molecule has 1 rings (SSSR count). The largest absolute Gasteiger partial charge is 0.472 e. The third-order valence-corrected chi connectivity index (χ3v) is 2.40. The van der Waals surface area contributed by atoms with Crippen LogP contribution >= 0.6 is 24.0 Å². The summed E-state index contributed by atoms with van der Waals surface area (Å²) < 4.78 is 33.9. The first-order valence-corrected chi connectivity index (χ1v) is 6.42. The second-order valence-electron chi connectivity index (χ2n) is 4.41. The van der Waals surface area contributed by atoms with Crippen LogP contribution in [-0.2, 0) is 11.3 Å². The van der Waals surface area contributed by atoms with Crippen LogP contribution in [0.5, 0.6) is 5.88 Å². The molecule has 0 aliphatic rings. The van der Waals surface area contributed by atoms with E-state index < -0.39 is 13.0 Å². The molecule has 6 nitrogen and oxygen atoms in total. The molecule has 0 aromatic carbocycles. The van der Waals surface area contributed by atoms with Crippen LogP contribution in [-0.4, -0.2) is 43.7 Å². The average Bonchev–Trinajstić information content (AvgIpc) is 2.43. The Morgan fingerprint density at radius 1 is 1.45 bits per heavy atom. The molecule has 1 unspecified atom stereocenters. The molecule has 1 aromatic heterocycles. The van der Waals surface area contributed by atoms with Gasteiger partial charge in [-0.2, -0.15) is 0 Å². The van der Waals surface area contributed by atoms with Crippen molar-refractivity contribution in [1.29, 1.82) is 0 Å². The number of aliphatic imine (C=N–C) groups is 1. The number of ether oxygens (including phenoxy) is 2. The van der Waals surface area contributed by atoms with Crippen LogP contribution in [0.3, 0.4) is 0 Å². The van der Waals surface area contributed by atoms with Gasteiger partial charge in [-0.3, -0.25) is 0 Å². The van der Waals surface area contributed by atoms with E-state index in [0.29, 0.717) is 13.2 Å². The van der Waals surface area contributed by atoms with E-state index in [1.165, 1.54) is 6.20 Å². The Morgan fingerprint density at radius 2 is 2.18 bits per heavy atom. The molecule has 9 heteroatoms. The Balaban J connectivity index is 0.00000441. The zero-order chi connectivity index (χ0) is 15.7. The van der Waals surface area contributed by atoms with Gasteiger partial charge in [0.2, 0.25) is 5.88 Å². The summed E-state index contributed by atoms with van der Waals surface area (Å²) in [6.07, 6.45) is -1.06. The number of hydrogen-bond donors (Lipinski definition) is 2. The van der Waals surface area contributed by atoms with Crippen LogP contribution in [0.2, 0.25) is 0 Å². The Labute approximate surface area is 145 Å². The van der Waals surface area contributed by atoms with Gasteiger partial charge in [0.25, 0.3) is 6.43 Å². The van der Waals surface area contributed by atoms with Crippen molar-refractivity contribution in [3.63, 3.8) is 0 Å². The van der Waals surface area contributed by atoms with Gasteiger partial charge in [0.05, 0.1) is 13.2 Å². The number of nitrogens with one attached hydrogen (secondary N) is 1. The predicted molar refractivity (Wildman–Crippen MR) is 91.0 cm³/mol. The number of nitrogens with two attached hydrogens (primary N) is 1.